The van der Waals surface area contributed by atoms with E-state index in [2.05, 4.69) is 12.2 Å². The number of hydrogen-bond donors (Lipinski definition) is 1. The molecule has 19 heavy (non-hydrogen) atoms. The maximum atomic E-state index is 6.21. The zero-order valence-corrected chi connectivity index (χ0v) is 13.1. The third-order valence-electron chi connectivity index (χ3n) is 4.14. The summed E-state index contributed by atoms with van der Waals surface area (Å²) in [4.78, 5) is 0. The van der Waals surface area contributed by atoms with Crippen LogP contribution in [0.2, 0.25) is 10.0 Å². The molecule has 1 saturated carbocycles. The molecular weight excluding hydrogens is 277 g/mol. The van der Waals surface area contributed by atoms with Crippen molar-refractivity contribution < 1.29 is 0 Å². The van der Waals surface area contributed by atoms with Crippen LogP contribution in [-0.4, -0.2) is 6.54 Å². The highest BCUT2D eigenvalue weighted by atomic mass is 35.5. The van der Waals surface area contributed by atoms with Crippen molar-refractivity contribution in [2.75, 3.05) is 6.54 Å². The summed E-state index contributed by atoms with van der Waals surface area (Å²) in [6, 6.07) is 5.92. The van der Waals surface area contributed by atoms with Gasteiger partial charge in [0, 0.05) is 16.1 Å². The molecular formula is C16H23Cl2N. The molecule has 0 amide bonds. The molecule has 2 rings (SSSR count). The lowest BCUT2D eigenvalue weighted by atomic mass is 10.0. The molecule has 106 valence electrons. The maximum absolute atomic E-state index is 6.21. The molecule has 0 saturated heterocycles. The molecule has 0 bridgehead atoms. The van der Waals surface area contributed by atoms with E-state index in [1.165, 1.54) is 38.5 Å². The van der Waals surface area contributed by atoms with E-state index in [4.69, 9.17) is 23.2 Å². The quantitative estimate of drug-likeness (QED) is 0.673. The van der Waals surface area contributed by atoms with E-state index in [1.54, 1.807) is 0 Å². The van der Waals surface area contributed by atoms with Gasteiger partial charge in [0.1, 0.15) is 0 Å². The van der Waals surface area contributed by atoms with Gasteiger partial charge in [0.15, 0.2) is 0 Å². The van der Waals surface area contributed by atoms with Crippen LogP contribution in [0.25, 0.3) is 0 Å². The molecule has 0 radical (unpaired) electrons. The lowest BCUT2D eigenvalue weighted by molar-refractivity contribution is 0.456. The Morgan fingerprint density at radius 1 is 1.26 bits per heavy atom. The highest BCUT2D eigenvalue weighted by Gasteiger charge is 2.14. The van der Waals surface area contributed by atoms with Crippen LogP contribution in [-0.2, 0) is 0 Å². The van der Waals surface area contributed by atoms with Crippen LogP contribution in [0.5, 0.6) is 0 Å². The second-order valence-electron chi connectivity index (χ2n) is 5.63. The Labute approximate surface area is 126 Å². The number of nitrogens with one attached hydrogen (secondary N) is 1. The van der Waals surface area contributed by atoms with Crippen molar-refractivity contribution in [1.29, 1.82) is 0 Å². The zero-order chi connectivity index (χ0) is 13.7. The Hall–Kier alpha value is -0.240. The minimum Gasteiger partial charge on any atom is -0.310 e. The van der Waals surface area contributed by atoms with Crippen LogP contribution in [0.3, 0.4) is 0 Å². The van der Waals surface area contributed by atoms with Crippen LogP contribution in [0.4, 0.5) is 0 Å². The van der Waals surface area contributed by atoms with Gasteiger partial charge in [-0.15, -0.1) is 0 Å². The number of benzene rings is 1. The molecule has 0 spiro atoms. The average molecular weight is 300 g/mol. The molecule has 1 nitrogen and oxygen atoms in total. The topological polar surface area (TPSA) is 12.0 Å². The van der Waals surface area contributed by atoms with Crippen molar-refractivity contribution in [1.82, 2.24) is 5.32 Å². The summed E-state index contributed by atoms with van der Waals surface area (Å²) in [6.45, 7) is 3.20. The molecule has 1 aliphatic carbocycles. The van der Waals surface area contributed by atoms with Crippen LogP contribution < -0.4 is 5.32 Å². The van der Waals surface area contributed by atoms with Crippen molar-refractivity contribution in [3.63, 3.8) is 0 Å². The second kappa shape index (κ2) is 7.52. The van der Waals surface area contributed by atoms with Crippen molar-refractivity contribution in [2.24, 2.45) is 5.92 Å². The zero-order valence-electron chi connectivity index (χ0n) is 11.6. The van der Waals surface area contributed by atoms with Gasteiger partial charge < -0.3 is 5.32 Å². The normalized spacial score (nSPS) is 17.8. The van der Waals surface area contributed by atoms with Gasteiger partial charge in [-0.2, -0.15) is 0 Å². The summed E-state index contributed by atoms with van der Waals surface area (Å²) in [7, 11) is 0. The standard InChI is InChI=1S/C16H23Cl2N/c1-12(15-11-14(17)8-9-16(15)18)19-10-4-7-13-5-2-3-6-13/h8-9,11-13,19H,2-7,10H2,1H3. The number of rotatable bonds is 6. The Balaban J connectivity index is 1.74. The summed E-state index contributed by atoms with van der Waals surface area (Å²) in [5.74, 6) is 0.979. The first-order valence-corrected chi connectivity index (χ1v) is 8.10. The van der Waals surface area contributed by atoms with E-state index in [-0.39, 0.29) is 6.04 Å². The first-order valence-electron chi connectivity index (χ1n) is 7.35. The summed E-state index contributed by atoms with van der Waals surface area (Å²) in [5, 5.41) is 5.09. The SMILES string of the molecule is CC(NCCCC1CCCC1)c1cc(Cl)ccc1Cl. The molecule has 0 aromatic heterocycles. The summed E-state index contributed by atoms with van der Waals surface area (Å²) in [6.07, 6.45) is 8.38. The van der Waals surface area contributed by atoms with Crippen molar-refractivity contribution >= 4 is 23.2 Å². The molecule has 0 aliphatic heterocycles. The van der Waals surface area contributed by atoms with Crippen molar-refractivity contribution in [3.05, 3.63) is 33.8 Å². The number of hydrogen-bond acceptors (Lipinski definition) is 1. The Morgan fingerprint density at radius 2 is 2.00 bits per heavy atom. The second-order valence-corrected chi connectivity index (χ2v) is 6.48. The minimum atomic E-state index is 0.259. The molecule has 1 aromatic carbocycles. The molecule has 0 heterocycles. The third-order valence-corrected chi connectivity index (χ3v) is 4.72. The molecule has 1 fully saturated rings. The van der Waals surface area contributed by atoms with Crippen molar-refractivity contribution in [2.45, 2.75) is 51.5 Å². The smallest absolute Gasteiger partial charge is 0.0454 e. The minimum absolute atomic E-state index is 0.259. The predicted octanol–water partition coefficient (Wildman–Crippen LogP) is 5.61. The van der Waals surface area contributed by atoms with Crippen molar-refractivity contribution in [3.8, 4) is 0 Å². The molecule has 1 aromatic rings. The van der Waals surface area contributed by atoms with Crippen LogP contribution in [0.1, 0.15) is 57.1 Å². The summed E-state index contributed by atoms with van der Waals surface area (Å²) in [5.41, 5.74) is 1.09. The van der Waals surface area contributed by atoms with Crippen LogP contribution >= 0.6 is 23.2 Å². The van der Waals surface area contributed by atoms with Gasteiger partial charge in [-0.3, -0.25) is 0 Å². The Morgan fingerprint density at radius 3 is 2.74 bits per heavy atom. The molecule has 1 N–H and O–H groups in total. The first kappa shape index (κ1) is 15.2. The predicted molar refractivity (Wildman–Crippen MR) is 84.1 cm³/mol. The van der Waals surface area contributed by atoms with E-state index in [0.29, 0.717) is 0 Å². The fourth-order valence-corrected chi connectivity index (χ4v) is 3.43. The molecule has 1 atom stereocenters. The highest BCUT2D eigenvalue weighted by Crippen LogP contribution is 2.29. The highest BCUT2D eigenvalue weighted by molar-refractivity contribution is 6.33. The summed E-state index contributed by atoms with van der Waals surface area (Å²) < 4.78 is 0. The van der Waals surface area contributed by atoms with Gasteiger partial charge in [0.05, 0.1) is 0 Å². The molecule has 3 heteroatoms. The van der Waals surface area contributed by atoms with E-state index >= 15 is 0 Å². The van der Waals surface area contributed by atoms with E-state index < -0.39 is 0 Å². The Kier molecular flexibility index (Phi) is 6.00. The monoisotopic (exact) mass is 299 g/mol. The van der Waals surface area contributed by atoms with Gasteiger partial charge in [-0.25, -0.2) is 0 Å². The van der Waals surface area contributed by atoms with Crippen LogP contribution in [0.15, 0.2) is 18.2 Å². The van der Waals surface area contributed by atoms with E-state index in [9.17, 15) is 0 Å². The maximum Gasteiger partial charge on any atom is 0.0454 e. The largest absolute Gasteiger partial charge is 0.310 e. The third kappa shape index (κ3) is 4.66. The van der Waals surface area contributed by atoms with Gasteiger partial charge in [0.25, 0.3) is 0 Å². The fraction of sp³-hybridized carbons (Fsp3) is 0.625. The fourth-order valence-electron chi connectivity index (χ4n) is 2.96. The van der Waals surface area contributed by atoms with Gasteiger partial charge in [-0.1, -0.05) is 48.9 Å². The lowest BCUT2D eigenvalue weighted by Crippen LogP contribution is -2.20. The lowest BCUT2D eigenvalue weighted by Gasteiger charge is -2.17. The van der Waals surface area contributed by atoms with E-state index in [0.717, 1.165) is 28.1 Å². The molecule has 1 aliphatic rings. The van der Waals surface area contributed by atoms with Gasteiger partial charge >= 0.3 is 0 Å². The van der Waals surface area contributed by atoms with Gasteiger partial charge in [0.2, 0.25) is 0 Å². The average Bonchev–Trinajstić information content (AvgIpc) is 2.90. The first-order chi connectivity index (χ1) is 9.16. The molecule has 1 unspecified atom stereocenters. The van der Waals surface area contributed by atoms with Crippen LogP contribution in [0, 0.1) is 5.92 Å². The Bertz CT molecular complexity index is 400. The summed E-state index contributed by atoms with van der Waals surface area (Å²) >= 11 is 12.2. The van der Waals surface area contributed by atoms with Gasteiger partial charge in [-0.05, 0) is 56.0 Å². The van der Waals surface area contributed by atoms with E-state index in [1.807, 2.05) is 18.2 Å². The number of halogens is 2.